The molecule has 0 bridgehead atoms. The van der Waals surface area contributed by atoms with E-state index in [1.165, 1.54) is 12.0 Å². The summed E-state index contributed by atoms with van der Waals surface area (Å²) >= 11 is 1.88. The molecule has 0 saturated carbocycles. The van der Waals surface area contributed by atoms with Gasteiger partial charge in [0, 0.05) is 37.5 Å². The third-order valence-electron chi connectivity index (χ3n) is 3.47. The third kappa shape index (κ3) is 1.99. The highest BCUT2D eigenvalue weighted by molar-refractivity contribution is 7.10. The summed E-state index contributed by atoms with van der Waals surface area (Å²) in [4.78, 5) is 15.2. The van der Waals surface area contributed by atoms with Gasteiger partial charge in [0.25, 0.3) is 0 Å². The number of carbonyl (C=O) groups excluding carboxylic acids is 1. The quantitative estimate of drug-likeness (QED) is 0.838. The zero-order chi connectivity index (χ0) is 11.0. The van der Waals surface area contributed by atoms with Crippen molar-refractivity contribution in [1.29, 1.82) is 0 Å². The molecule has 4 heteroatoms. The Morgan fingerprint density at radius 2 is 2.50 bits per heavy atom. The molecule has 86 valence electrons. The molecule has 1 aromatic heterocycles. The number of carbonyl (C=O) groups is 1. The van der Waals surface area contributed by atoms with Gasteiger partial charge in [-0.05, 0) is 29.3 Å². The highest BCUT2D eigenvalue weighted by Gasteiger charge is 2.25. The Hall–Kier alpha value is -0.870. The average molecular weight is 236 g/mol. The van der Waals surface area contributed by atoms with Gasteiger partial charge in [0.15, 0.2) is 0 Å². The summed E-state index contributed by atoms with van der Waals surface area (Å²) in [6, 6.07) is 2.24. The second-order valence-corrected chi connectivity index (χ2v) is 5.73. The van der Waals surface area contributed by atoms with E-state index in [0.717, 1.165) is 26.2 Å². The lowest BCUT2D eigenvalue weighted by atomic mass is 10.0. The Morgan fingerprint density at radius 1 is 1.56 bits per heavy atom. The van der Waals surface area contributed by atoms with Crippen LogP contribution in [0.5, 0.6) is 0 Å². The van der Waals surface area contributed by atoms with E-state index in [9.17, 15) is 4.79 Å². The molecule has 2 aliphatic rings. The highest BCUT2D eigenvalue weighted by atomic mass is 32.1. The van der Waals surface area contributed by atoms with Crippen LogP contribution in [0.4, 0.5) is 0 Å². The number of amides is 1. The van der Waals surface area contributed by atoms with E-state index in [4.69, 9.17) is 0 Å². The van der Waals surface area contributed by atoms with Crippen LogP contribution in [-0.2, 0) is 17.8 Å². The second kappa shape index (κ2) is 4.18. The molecular formula is C12H16N2OS. The maximum Gasteiger partial charge on any atom is 0.220 e. The van der Waals surface area contributed by atoms with Crippen LogP contribution in [0, 0.1) is 5.92 Å². The third-order valence-corrected chi connectivity index (χ3v) is 4.49. The molecular weight excluding hydrogens is 220 g/mol. The van der Waals surface area contributed by atoms with E-state index in [0.29, 0.717) is 12.3 Å². The highest BCUT2D eigenvalue weighted by Crippen LogP contribution is 2.25. The van der Waals surface area contributed by atoms with E-state index >= 15 is 0 Å². The summed E-state index contributed by atoms with van der Waals surface area (Å²) < 4.78 is 0. The molecule has 0 aliphatic carbocycles. The second-order valence-electron chi connectivity index (χ2n) is 4.73. The maximum absolute atomic E-state index is 11.1. The molecule has 1 amide bonds. The first-order valence-electron chi connectivity index (χ1n) is 5.85. The van der Waals surface area contributed by atoms with Gasteiger partial charge in [-0.2, -0.15) is 0 Å². The fraction of sp³-hybridized carbons (Fsp3) is 0.583. The number of nitrogens with zero attached hydrogens (tertiary/aromatic N) is 1. The first-order chi connectivity index (χ1) is 7.81. The van der Waals surface area contributed by atoms with Crippen molar-refractivity contribution in [3.8, 4) is 0 Å². The molecule has 1 aromatic rings. The molecule has 3 heterocycles. The van der Waals surface area contributed by atoms with Crippen molar-refractivity contribution in [2.24, 2.45) is 5.92 Å². The topological polar surface area (TPSA) is 32.3 Å². The molecule has 16 heavy (non-hydrogen) atoms. The Morgan fingerprint density at radius 3 is 3.31 bits per heavy atom. The van der Waals surface area contributed by atoms with Crippen molar-refractivity contribution < 1.29 is 4.79 Å². The molecule has 0 spiro atoms. The molecule has 2 aliphatic heterocycles. The lowest BCUT2D eigenvalue weighted by Gasteiger charge is -2.28. The standard InChI is InChI=1S/C12H16N2OS/c15-12-5-9(6-13-12)7-14-3-1-11-10(8-14)2-4-16-11/h2,4,9H,1,3,5-8H2,(H,13,15)/t9-/m1/s1. The zero-order valence-electron chi connectivity index (χ0n) is 9.24. The summed E-state index contributed by atoms with van der Waals surface area (Å²) in [5.74, 6) is 0.742. The van der Waals surface area contributed by atoms with Gasteiger partial charge in [-0.25, -0.2) is 0 Å². The molecule has 0 radical (unpaired) electrons. The average Bonchev–Trinajstić information content (AvgIpc) is 2.87. The van der Waals surface area contributed by atoms with Crippen LogP contribution in [0.2, 0.25) is 0 Å². The van der Waals surface area contributed by atoms with Crippen molar-refractivity contribution >= 4 is 17.2 Å². The number of fused-ring (bicyclic) bond motifs is 1. The molecule has 1 saturated heterocycles. The monoisotopic (exact) mass is 236 g/mol. The molecule has 0 unspecified atom stereocenters. The van der Waals surface area contributed by atoms with Gasteiger partial charge >= 0.3 is 0 Å². The van der Waals surface area contributed by atoms with Gasteiger partial charge < -0.3 is 5.32 Å². The number of nitrogens with one attached hydrogen (secondary N) is 1. The fourth-order valence-corrected chi connectivity index (χ4v) is 3.51. The SMILES string of the molecule is O=C1C[C@@H](CN2CCc3sccc3C2)CN1. The predicted molar refractivity (Wildman–Crippen MR) is 64.4 cm³/mol. The first kappa shape index (κ1) is 10.3. The normalized spacial score (nSPS) is 25.5. The van der Waals surface area contributed by atoms with Gasteiger partial charge in [0.1, 0.15) is 0 Å². The Bertz CT molecular complexity index is 401. The van der Waals surface area contributed by atoms with Crippen molar-refractivity contribution in [2.45, 2.75) is 19.4 Å². The summed E-state index contributed by atoms with van der Waals surface area (Å²) in [6.07, 6.45) is 1.90. The minimum absolute atomic E-state index is 0.221. The van der Waals surface area contributed by atoms with Crippen LogP contribution >= 0.6 is 11.3 Å². The van der Waals surface area contributed by atoms with Crippen LogP contribution in [-0.4, -0.2) is 30.4 Å². The van der Waals surface area contributed by atoms with Crippen LogP contribution in [0.15, 0.2) is 11.4 Å². The zero-order valence-corrected chi connectivity index (χ0v) is 10.1. The molecule has 3 nitrogen and oxygen atoms in total. The minimum atomic E-state index is 0.221. The van der Waals surface area contributed by atoms with E-state index < -0.39 is 0 Å². The summed E-state index contributed by atoms with van der Waals surface area (Å²) in [5.41, 5.74) is 1.49. The van der Waals surface area contributed by atoms with Crippen LogP contribution < -0.4 is 5.32 Å². The van der Waals surface area contributed by atoms with Gasteiger partial charge in [-0.1, -0.05) is 0 Å². The van der Waals surface area contributed by atoms with Gasteiger partial charge in [-0.3, -0.25) is 9.69 Å². The van der Waals surface area contributed by atoms with E-state index in [2.05, 4.69) is 21.7 Å². The largest absolute Gasteiger partial charge is 0.356 e. The van der Waals surface area contributed by atoms with Crippen LogP contribution in [0.3, 0.4) is 0 Å². The van der Waals surface area contributed by atoms with Crippen molar-refractivity contribution in [3.05, 3.63) is 21.9 Å². The van der Waals surface area contributed by atoms with Crippen LogP contribution in [0.1, 0.15) is 16.9 Å². The summed E-state index contributed by atoms with van der Waals surface area (Å²) in [6.45, 7) is 4.15. The molecule has 1 fully saturated rings. The number of hydrogen-bond acceptors (Lipinski definition) is 3. The Balaban J connectivity index is 1.60. The Kier molecular flexibility index (Phi) is 2.69. The smallest absolute Gasteiger partial charge is 0.220 e. The molecule has 1 N–H and O–H groups in total. The van der Waals surface area contributed by atoms with E-state index in [1.54, 1.807) is 4.88 Å². The van der Waals surface area contributed by atoms with Crippen LogP contribution in [0.25, 0.3) is 0 Å². The van der Waals surface area contributed by atoms with Gasteiger partial charge in [0.05, 0.1) is 0 Å². The van der Waals surface area contributed by atoms with E-state index in [-0.39, 0.29) is 5.91 Å². The molecule has 0 aromatic carbocycles. The maximum atomic E-state index is 11.1. The van der Waals surface area contributed by atoms with Crippen molar-refractivity contribution in [2.75, 3.05) is 19.6 Å². The predicted octanol–water partition coefficient (Wildman–Crippen LogP) is 1.24. The van der Waals surface area contributed by atoms with Crippen molar-refractivity contribution in [1.82, 2.24) is 10.2 Å². The number of rotatable bonds is 2. The van der Waals surface area contributed by atoms with Crippen molar-refractivity contribution in [3.63, 3.8) is 0 Å². The molecule has 3 rings (SSSR count). The lowest BCUT2D eigenvalue weighted by molar-refractivity contribution is -0.119. The molecule has 1 atom stereocenters. The lowest BCUT2D eigenvalue weighted by Crippen LogP contribution is -2.34. The summed E-state index contributed by atoms with van der Waals surface area (Å²) in [5, 5.41) is 5.10. The Labute approximate surface area is 99.5 Å². The number of thiophene rings is 1. The van der Waals surface area contributed by atoms with E-state index in [1.807, 2.05) is 11.3 Å². The van der Waals surface area contributed by atoms with Gasteiger partial charge in [0.2, 0.25) is 5.91 Å². The van der Waals surface area contributed by atoms with Gasteiger partial charge in [-0.15, -0.1) is 11.3 Å². The number of hydrogen-bond donors (Lipinski definition) is 1. The first-order valence-corrected chi connectivity index (χ1v) is 6.73. The minimum Gasteiger partial charge on any atom is -0.356 e. The summed E-state index contributed by atoms with van der Waals surface area (Å²) in [7, 11) is 0. The fourth-order valence-electron chi connectivity index (χ4n) is 2.62.